The molecule has 0 aliphatic carbocycles. The van der Waals surface area contributed by atoms with Gasteiger partial charge in [-0.2, -0.15) is 0 Å². The topological polar surface area (TPSA) is 25.4 Å². The molecule has 1 atom stereocenters. The molecule has 0 bridgehead atoms. The van der Waals surface area contributed by atoms with E-state index in [0.717, 1.165) is 37.2 Å². The largest absolute Gasteiger partial charge is 0.364 e. The van der Waals surface area contributed by atoms with Crippen LogP contribution in [0, 0.1) is 12.7 Å². The van der Waals surface area contributed by atoms with Gasteiger partial charge >= 0.3 is 0 Å². The van der Waals surface area contributed by atoms with Crippen molar-refractivity contribution in [1.29, 1.82) is 0 Å². The molecule has 23 heavy (non-hydrogen) atoms. The molecule has 0 radical (unpaired) electrons. The molecule has 122 valence electrons. The van der Waals surface area contributed by atoms with Crippen LogP contribution in [-0.4, -0.2) is 36.1 Å². The van der Waals surface area contributed by atoms with Crippen molar-refractivity contribution >= 4 is 0 Å². The Kier molecular flexibility index (Phi) is 5.03. The van der Waals surface area contributed by atoms with Crippen molar-refractivity contribution in [3.05, 3.63) is 65.2 Å². The standard InChI is InChI=1S/C19H23FN2O/c1-14-6-7-16(17(20)13-14)19(18-5-3-4-10-21-18)23-15-8-11-22(2)12-9-15/h3-7,10,13,15,19H,8-9,11-12H2,1-2H3. The zero-order valence-electron chi connectivity index (χ0n) is 13.7. The number of halogens is 1. The summed E-state index contributed by atoms with van der Waals surface area (Å²) in [6.45, 7) is 3.91. The maximum absolute atomic E-state index is 14.5. The molecule has 3 nitrogen and oxygen atoms in total. The molecule has 3 rings (SSSR count). The quantitative estimate of drug-likeness (QED) is 0.860. The summed E-state index contributed by atoms with van der Waals surface area (Å²) in [5.74, 6) is -0.228. The summed E-state index contributed by atoms with van der Waals surface area (Å²) >= 11 is 0. The minimum Gasteiger partial charge on any atom is -0.364 e. The minimum absolute atomic E-state index is 0.138. The molecule has 1 unspecified atom stereocenters. The van der Waals surface area contributed by atoms with Gasteiger partial charge in [0.15, 0.2) is 0 Å². The van der Waals surface area contributed by atoms with Crippen LogP contribution in [0.25, 0.3) is 0 Å². The third-order valence-corrected chi connectivity index (χ3v) is 4.39. The third-order valence-electron chi connectivity index (χ3n) is 4.39. The first-order chi connectivity index (χ1) is 11.1. The first kappa shape index (κ1) is 16.1. The lowest BCUT2D eigenvalue weighted by atomic mass is 10.0. The SMILES string of the molecule is Cc1ccc(C(OC2CCN(C)CC2)c2ccccn2)c(F)c1. The fourth-order valence-electron chi connectivity index (χ4n) is 2.99. The molecule has 1 aliphatic rings. The van der Waals surface area contributed by atoms with Gasteiger partial charge in [0.25, 0.3) is 0 Å². The van der Waals surface area contributed by atoms with E-state index in [9.17, 15) is 4.39 Å². The number of ether oxygens (including phenoxy) is 1. The number of pyridine rings is 1. The van der Waals surface area contributed by atoms with Crippen LogP contribution in [0.2, 0.25) is 0 Å². The van der Waals surface area contributed by atoms with Gasteiger partial charge in [-0.15, -0.1) is 0 Å². The molecule has 0 saturated carbocycles. The second-order valence-corrected chi connectivity index (χ2v) is 6.30. The Morgan fingerprint density at radius 1 is 1.22 bits per heavy atom. The van der Waals surface area contributed by atoms with Crippen molar-refractivity contribution in [2.45, 2.75) is 32.0 Å². The number of aryl methyl sites for hydroxylation is 1. The number of rotatable bonds is 4. The zero-order chi connectivity index (χ0) is 16.2. The molecular formula is C19H23FN2O. The van der Waals surface area contributed by atoms with Crippen LogP contribution in [0.1, 0.15) is 35.8 Å². The molecule has 2 heterocycles. The molecule has 1 fully saturated rings. The highest BCUT2D eigenvalue weighted by atomic mass is 19.1. The third kappa shape index (κ3) is 3.95. The van der Waals surface area contributed by atoms with E-state index in [-0.39, 0.29) is 11.9 Å². The van der Waals surface area contributed by atoms with E-state index in [0.29, 0.717) is 5.56 Å². The number of benzene rings is 1. The van der Waals surface area contributed by atoms with Gasteiger partial charge in [-0.05, 0) is 50.6 Å². The van der Waals surface area contributed by atoms with Gasteiger partial charge in [-0.3, -0.25) is 4.98 Å². The van der Waals surface area contributed by atoms with Gasteiger partial charge in [0.05, 0.1) is 11.8 Å². The van der Waals surface area contributed by atoms with Crippen LogP contribution in [0.3, 0.4) is 0 Å². The first-order valence-electron chi connectivity index (χ1n) is 8.14. The van der Waals surface area contributed by atoms with E-state index in [4.69, 9.17) is 4.74 Å². The van der Waals surface area contributed by atoms with E-state index in [2.05, 4.69) is 16.9 Å². The molecule has 1 aromatic carbocycles. The predicted octanol–water partition coefficient (Wildman–Crippen LogP) is 3.73. The maximum Gasteiger partial charge on any atom is 0.129 e. The molecule has 0 spiro atoms. The Bertz CT molecular complexity index is 639. The van der Waals surface area contributed by atoms with E-state index in [1.807, 2.05) is 37.3 Å². The lowest BCUT2D eigenvalue weighted by molar-refractivity contribution is -0.0263. The summed E-state index contributed by atoms with van der Waals surface area (Å²) in [5, 5.41) is 0. The van der Waals surface area contributed by atoms with Gasteiger partial charge in [0.2, 0.25) is 0 Å². The fraction of sp³-hybridized carbons (Fsp3) is 0.421. The summed E-state index contributed by atoms with van der Waals surface area (Å²) in [7, 11) is 2.12. The Hall–Kier alpha value is -1.78. The van der Waals surface area contributed by atoms with Crippen LogP contribution >= 0.6 is 0 Å². The molecular weight excluding hydrogens is 291 g/mol. The van der Waals surface area contributed by atoms with Crippen molar-refractivity contribution in [1.82, 2.24) is 9.88 Å². The van der Waals surface area contributed by atoms with Crippen LogP contribution < -0.4 is 0 Å². The molecule has 0 amide bonds. The van der Waals surface area contributed by atoms with E-state index in [1.165, 1.54) is 0 Å². The highest BCUT2D eigenvalue weighted by molar-refractivity contribution is 5.30. The number of likely N-dealkylation sites (tertiary alicyclic amines) is 1. The summed E-state index contributed by atoms with van der Waals surface area (Å²) in [5.41, 5.74) is 2.23. The van der Waals surface area contributed by atoms with Crippen LogP contribution in [-0.2, 0) is 4.74 Å². The normalized spacial score (nSPS) is 18.0. The van der Waals surface area contributed by atoms with E-state index >= 15 is 0 Å². The van der Waals surface area contributed by atoms with E-state index < -0.39 is 6.10 Å². The van der Waals surface area contributed by atoms with Gasteiger partial charge in [0.1, 0.15) is 11.9 Å². The maximum atomic E-state index is 14.5. The zero-order valence-corrected chi connectivity index (χ0v) is 13.7. The Morgan fingerprint density at radius 2 is 2.00 bits per heavy atom. The average molecular weight is 314 g/mol. The van der Waals surface area contributed by atoms with Crippen molar-refractivity contribution in [2.75, 3.05) is 20.1 Å². The number of hydrogen-bond acceptors (Lipinski definition) is 3. The molecule has 1 aromatic heterocycles. The van der Waals surface area contributed by atoms with Gasteiger partial charge < -0.3 is 9.64 Å². The fourth-order valence-corrected chi connectivity index (χ4v) is 2.99. The van der Waals surface area contributed by atoms with Gasteiger partial charge in [0, 0.05) is 24.8 Å². The second kappa shape index (κ2) is 7.20. The second-order valence-electron chi connectivity index (χ2n) is 6.30. The summed E-state index contributed by atoms with van der Waals surface area (Å²) in [4.78, 5) is 6.69. The Labute approximate surface area is 137 Å². The lowest BCUT2D eigenvalue weighted by Crippen LogP contribution is -2.35. The van der Waals surface area contributed by atoms with Gasteiger partial charge in [-0.1, -0.05) is 18.2 Å². The highest BCUT2D eigenvalue weighted by Gasteiger charge is 2.26. The molecule has 2 aromatic rings. The van der Waals surface area contributed by atoms with Crippen LogP contribution in [0.15, 0.2) is 42.6 Å². The molecule has 1 saturated heterocycles. The molecule has 1 aliphatic heterocycles. The van der Waals surface area contributed by atoms with Crippen molar-refractivity contribution < 1.29 is 9.13 Å². The van der Waals surface area contributed by atoms with Crippen LogP contribution in [0.4, 0.5) is 4.39 Å². The molecule has 4 heteroatoms. The van der Waals surface area contributed by atoms with Crippen molar-refractivity contribution in [2.24, 2.45) is 0 Å². The predicted molar refractivity (Wildman–Crippen MR) is 88.8 cm³/mol. The number of nitrogens with zero attached hydrogens (tertiary/aromatic N) is 2. The summed E-state index contributed by atoms with van der Waals surface area (Å²) in [6.07, 6.45) is 3.34. The number of hydrogen-bond donors (Lipinski definition) is 0. The van der Waals surface area contributed by atoms with Gasteiger partial charge in [-0.25, -0.2) is 4.39 Å². The monoisotopic (exact) mass is 314 g/mol. The minimum atomic E-state index is -0.454. The van der Waals surface area contributed by atoms with Crippen molar-refractivity contribution in [3.8, 4) is 0 Å². The average Bonchev–Trinajstić information content (AvgIpc) is 2.56. The summed E-state index contributed by atoms with van der Waals surface area (Å²) < 4.78 is 20.8. The first-order valence-corrected chi connectivity index (χ1v) is 8.14. The lowest BCUT2D eigenvalue weighted by Gasteiger charge is -2.32. The Morgan fingerprint density at radius 3 is 2.65 bits per heavy atom. The van der Waals surface area contributed by atoms with Crippen molar-refractivity contribution in [3.63, 3.8) is 0 Å². The smallest absolute Gasteiger partial charge is 0.129 e. The Balaban J connectivity index is 1.88. The van der Waals surface area contributed by atoms with Crippen LogP contribution in [0.5, 0.6) is 0 Å². The summed E-state index contributed by atoms with van der Waals surface area (Å²) in [6, 6.07) is 11.0. The molecule has 0 N–H and O–H groups in total. The highest BCUT2D eigenvalue weighted by Crippen LogP contribution is 2.30. The number of piperidine rings is 1. The number of aromatic nitrogens is 1. The van der Waals surface area contributed by atoms with E-state index in [1.54, 1.807) is 12.3 Å².